The predicted molar refractivity (Wildman–Crippen MR) is 92.1 cm³/mol. The Morgan fingerprint density at radius 2 is 1.57 bits per heavy atom. The van der Waals surface area contributed by atoms with Gasteiger partial charge in [0.1, 0.15) is 0 Å². The molecule has 4 heteroatoms. The molecule has 2 aromatic rings. The maximum atomic E-state index is 13.8. The summed E-state index contributed by atoms with van der Waals surface area (Å²) in [5.74, 6) is -0.0535. The molecule has 0 spiro atoms. The molecule has 2 unspecified atom stereocenters. The van der Waals surface area contributed by atoms with E-state index >= 15 is 0 Å². The zero-order valence-corrected chi connectivity index (χ0v) is 14.5. The van der Waals surface area contributed by atoms with Crippen molar-refractivity contribution in [2.75, 3.05) is 7.11 Å². The van der Waals surface area contributed by atoms with Gasteiger partial charge in [-0.2, -0.15) is 0 Å². The van der Waals surface area contributed by atoms with Crippen LogP contribution in [0.5, 0.6) is 5.75 Å². The first kappa shape index (κ1) is 16.2. The highest BCUT2D eigenvalue weighted by Crippen LogP contribution is 2.24. The van der Waals surface area contributed by atoms with Crippen LogP contribution in [0.2, 0.25) is 0 Å². The first-order valence-electron chi connectivity index (χ1n) is 6.86. The average Bonchev–Trinajstić information content (AvgIpc) is 2.47. The van der Waals surface area contributed by atoms with E-state index in [1.165, 1.54) is 22.3 Å². The molecule has 1 N–H and O–H groups in total. The van der Waals surface area contributed by atoms with Crippen LogP contribution in [0, 0.1) is 9.39 Å². The second-order valence-electron chi connectivity index (χ2n) is 5.06. The van der Waals surface area contributed by atoms with Crippen LogP contribution in [0.3, 0.4) is 0 Å². The first-order valence-corrected chi connectivity index (χ1v) is 7.94. The van der Waals surface area contributed by atoms with Crippen LogP contribution in [0.15, 0.2) is 42.5 Å². The largest absolute Gasteiger partial charge is 0.494 e. The molecule has 2 aromatic carbocycles. The Labute approximate surface area is 138 Å². The van der Waals surface area contributed by atoms with Crippen LogP contribution in [0.4, 0.5) is 4.39 Å². The second-order valence-corrected chi connectivity index (χ2v) is 6.30. The normalized spacial score (nSPS) is 13.8. The summed E-state index contributed by atoms with van der Waals surface area (Å²) in [6, 6.07) is 13.7. The number of nitrogens with one attached hydrogen (secondary N) is 1. The van der Waals surface area contributed by atoms with Crippen molar-refractivity contribution in [3.05, 3.63) is 63.0 Å². The van der Waals surface area contributed by atoms with Gasteiger partial charge in [0.05, 0.1) is 7.11 Å². The Balaban J connectivity index is 2.08. The highest BCUT2D eigenvalue weighted by molar-refractivity contribution is 14.1. The van der Waals surface area contributed by atoms with E-state index in [1.807, 2.05) is 13.0 Å². The Kier molecular flexibility index (Phi) is 5.58. The Morgan fingerprint density at radius 1 is 1.00 bits per heavy atom. The molecule has 2 nitrogen and oxygen atoms in total. The predicted octanol–water partition coefficient (Wildman–Crippen LogP) is 4.85. The highest BCUT2D eigenvalue weighted by atomic mass is 127. The van der Waals surface area contributed by atoms with Crippen molar-refractivity contribution in [1.82, 2.24) is 5.32 Å². The molecule has 0 aromatic heterocycles. The van der Waals surface area contributed by atoms with Crippen molar-refractivity contribution < 1.29 is 9.13 Å². The maximum absolute atomic E-state index is 13.8. The Hall–Kier alpha value is -1.14. The van der Waals surface area contributed by atoms with Gasteiger partial charge < -0.3 is 10.1 Å². The molecule has 0 aliphatic heterocycles. The van der Waals surface area contributed by atoms with Crippen LogP contribution in [-0.4, -0.2) is 7.11 Å². The smallest absolute Gasteiger partial charge is 0.165 e. The summed E-state index contributed by atoms with van der Waals surface area (Å²) in [4.78, 5) is 0. The van der Waals surface area contributed by atoms with Gasteiger partial charge in [-0.1, -0.05) is 18.2 Å². The van der Waals surface area contributed by atoms with Crippen LogP contribution < -0.4 is 10.1 Å². The summed E-state index contributed by atoms with van der Waals surface area (Å²) >= 11 is 2.29. The lowest BCUT2D eigenvalue weighted by molar-refractivity contribution is 0.385. The minimum atomic E-state index is -0.328. The molecular weight excluding hydrogens is 380 g/mol. The van der Waals surface area contributed by atoms with Gasteiger partial charge in [0, 0.05) is 15.7 Å². The summed E-state index contributed by atoms with van der Waals surface area (Å²) in [6.45, 7) is 4.14. The lowest BCUT2D eigenvalue weighted by Gasteiger charge is -2.21. The maximum Gasteiger partial charge on any atom is 0.165 e. The average molecular weight is 399 g/mol. The van der Waals surface area contributed by atoms with E-state index in [1.54, 1.807) is 6.07 Å². The Bertz CT molecular complexity index is 600. The molecule has 0 saturated heterocycles. The zero-order valence-electron chi connectivity index (χ0n) is 12.4. The van der Waals surface area contributed by atoms with Crippen LogP contribution in [-0.2, 0) is 0 Å². The van der Waals surface area contributed by atoms with E-state index in [2.05, 4.69) is 59.1 Å². The van der Waals surface area contributed by atoms with Gasteiger partial charge >= 0.3 is 0 Å². The SMILES string of the molecule is COc1ccc(C(C)NC(C)c2ccc(I)cc2)cc1F. The van der Waals surface area contributed by atoms with Crippen LogP contribution >= 0.6 is 22.6 Å². The van der Waals surface area contributed by atoms with E-state index in [4.69, 9.17) is 4.74 Å². The molecule has 2 atom stereocenters. The monoisotopic (exact) mass is 399 g/mol. The summed E-state index contributed by atoms with van der Waals surface area (Å²) in [7, 11) is 1.47. The third kappa shape index (κ3) is 4.17. The standard InChI is InChI=1S/C17H19FINO/c1-11(13-4-7-15(19)8-5-13)20-12(2)14-6-9-17(21-3)16(18)10-14/h4-12,20H,1-3H3. The van der Waals surface area contributed by atoms with Crippen LogP contribution in [0.25, 0.3) is 0 Å². The second kappa shape index (κ2) is 7.22. The molecule has 112 valence electrons. The summed E-state index contributed by atoms with van der Waals surface area (Å²) in [6.07, 6.45) is 0. The molecule has 0 aliphatic rings. The number of hydrogen-bond acceptors (Lipinski definition) is 2. The van der Waals surface area contributed by atoms with Gasteiger partial charge in [-0.25, -0.2) is 4.39 Å². The zero-order chi connectivity index (χ0) is 15.4. The van der Waals surface area contributed by atoms with E-state index in [0.29, 0.717) is 0 Å². The van der Waals surface area contributed by atoms with Crippen LogP contribution in [0.1, 0.15) is 37.1 Å². The molecule has 0 saturated carbocycles. The minimum absolute atomic E-state index is 0.0553. The summed E-state index contributed by atoms with van der Waals surface area (Å²) in [5.41, 5.74) is 2.13. The molecule has 0 bridgehead atoms. The minimum Gasteiger partial charge on any atom is -0.494 e. The number of benzene rings is 2. The molecule has 0 radical (unpaired) electrons. The number of hydrogen-bond donors (Lipinski definition) is 1. The molecule has 0 heterocycles. The van der Waals surface area contributed by atoms with Gasteiger partial charge in [0.2, 0.25) is 0 Å². The van der Waals surface area contributed by atoms with Gasteiger partial charge in [0.15, 0.2) is 11.6 Å². The van der Waals surface area contributed by atoms with E-state index in [-0.39, 0.29) is 23.7 Å². The topological polar surface area (TPSA) is 21.3 Å². The van der Waals surface area contributed by atoms with Crippen molar-refractivity contribution in [2.24, 2.45) is 0 Å². The van der Waals surface area contributed by atoms with Gasteiger partial charge in [-0.15, -0.1) is 0 Å². The number of ether oxygens (including phenoxy) is 1. The number of rotatable bonds is 5. The fourth-order valence-corrected chi connectivity index (χ4v) is 2.63. The molecule has 21 heavy (non-hydrogen) atoms. The summed E-state index contributed by atoms with van der Waals surface area (Å²) in [5, 5.41) is 3.49. The highest BCUT2D eigenvalue weighted by Gasteiger charge is 2.13. The van der Waals surface area contributed by atoms with E-state index < -0.39 is 0 Å². The van der Waals surface area contributed by atoms with Crippen molar-refractivity contribution in [2.45, 2.75) is 25.9 Å². The van der Waals surface area contributed by atoms with E-state index in [0.717, 1.165) is 5.56 Å². The number of halogens is 2. The van der Waals surface area contributed by atoms with Gasteiger partial charge in [-0.3, -0.25) is 0 Å². The molecule has 0 fully saturated rings. The first-order chi connectivity index (χ1) is 10.0. The molecular formula is C17H19FINO. The van der Waals surface area contributed by atoms with Gasteiger partial charge in [-0.05, 0) is 71.8 Å². The molecule has 2 rings (SSSR count). The van der Waals surface area contributed by atoms with Crippen molar-refractivity contribution >= 4 is 22.6 Å². The lowest BCUT2D eigenvalue weighted by Crippen LogP contribution is -2.22. The Morgan fingerprint density at radius 3 is 2.14 bits per heavy atom. The third-order valence-corrected chi connectivity index (χ3v) is 4.27. The van der Waals surface area contributed by atoms with Gasteiger partial charge in [0.25, 0.3) is 0 Å². The molecule has 0 amide bonds. The third-order valence-electron chi connectivity index (χ3n) is 3.55. The fraction of sp³-hybridized carbons (Fsp3) is 0.294. The van der Waals surface area contributed by atoms with E-state index in [9.17, 15) is 4.39 Å². The number of methoxy groups -OCH3 is 1. The summed E-state index contributed by atoms with van der Waals surface area (Å²) < 4.78 is 19.9. The fourth-order valence-electron chi connectivity index (χ4n) is 2.27. The lowest BCUT2D eigenvalue weighted by atomic mass is 10.0. The van der Waals surface area contributed by atoms with Crippen molar-refractivity contribution in [1.29, 1.82) is 0 Å². The molecule has 0 aliphatic carbocycles. The van der Waals surface area contributed by atoms with Crippen molar-refractivity contribution in [3.8, 4) is 5.75 Å². The quantitative estimate of drug-likeness (QED) is 0.726. The van der Waals surface area contributed by atoms with Crippen molar-refractivity contribution in [3.63, 3.8) is 0 Å².